The zero-order valence-corrected chi connectivity index (χ0v) is 10.6. The van der Waals surface area contributed by atoms with Crippen molar-refractivity contribution in [2.45, 2.75) is 19.3 Å². The van der Waals surface area contributed by atoms with Gasteiger partial charge < -0.3 is 9.64 Å². The van der Waals surface area contributed by atoms with Crippen LogP contribution in [0.2, 0.25) is 0 Å². The molecule has 94 valence electrons. The molecule has 0 atom stereocenters. The maximum atomic E-state index is 11.2. The third-order valence-corrected chi connectivity index (χ3v) is 3.92. The normalized spacial score (nSPS) is 18.5. The van der Waals surface area contributed by atoms with Crippen molar-refractivity contribution in [2.75, 3.05) is 32.2 Å². The number of rotatable bonds is 3. The summed E-state index contributed by atoms with van der Waals surface area (Å²) in [7, 11) is -1.49. The van der Waals surface area contributed by atoms with Gasteiger partial charge in [0.1, 0.15) is 9.84 Å². The average Bonchev–Trinajstić information content (AvgIpc) is 2.25. The summed E-state index contributed by atoms with van der Waals surface area (Å²) in [5, 5.41) is 0. The van der Waals surface area contributed by atoms with E-state index >= 15 is 0 Å². The molecule has 0 aromatic heterocycles. The average molecular weight is 249 g/mol. The highest BCUT2D eigenvalue weighted by atomic mass is 32.2. The lowest BCUT2D eigenvalue weighted by Gasteiger charge is -2.30. The third-order valence-electron chi connectivity index (χ3n) is 2.94. The van der Waals surface area contributed by atoms with E-state index in [4.69, 9.17) is 0 Å². The van der Waals surface area contributed by atoms with Crippen LogP contribution in [0.1, 0.15) is 19.3 Å². The molecule has 0 N–H and O–H groups in total. The fourth-order valence-electron chi connectivity index (χ4n) is 1.91. The number of amides is 1. The number of hydrogen-bond donors (Lipinski definition) is 0. The highest BCUT2D eigenvalue weighted by Gasteiger charge is 2.23. The summed E-state index contributed by atoms with van der Waals surface area (Å²) in [6, 6.07) is 0. The Morgan fingerprint density at radius 3 is 2.38 bits per heavy atom. The summed E-state index contributed by atoms with van der Waals surface area (Å²) in [5.41, 5.74) is 0. The molecule has 1 amide bonds. The van der Waals surface area contributed by atoms with Crippen LogP contribution in [0, 0.1) is 5.92 Å². The van der Waals surface area contributed by atoms with Crippen molar-refractivity contribution in [3.63, 3.8) is 0 Å². The molecule has 0 saturated carbocycles. The van der Waals surface area contributed by atoms with Crippen molar-refractivity contribution in [3.8, 4) is 0 Å². The van der Waals surface area contributed by atoms with E-state index in [0.29, 0.717) is 25.4 Å². The fraction of sp³-hybridized carbons (Fsp3) is 0.900. The molecule has 0 aromatic carbocycles. The Morgan fingerprint density at radius 1 is 1.38 bits per heavy atom. The van der Waals surface area contributed by atoms with E-state index in [0.717, 1.165) is 12.8 Å². The van der Waals surface area contributed by atoms with Gasteiger partial charge in [-0.3, -0.25) is 0 Å². The topological polar surface area (TPSA) is 63.7 Å². The molecule has 6 heteroatoms. The number of piperidine rings is 1. The van der Waals surface area contributed by atoms with E-state index in [1.165, 1.54) is 13.4 Å². The first-order chi connectivity index (χ1) is 7.42. The lowest BCUT2D eigenvalue weighted by molar-refractivity contribution is 0.105. The molecule has 0 unspecified atom stereocenters. The van der Waals surface area contributed by atoms with E-state index in [1.54, 1.807) is 4.90 Å². The molecule has 1 heterocycles. The molecule has 0 radical (unpaired) electrons. The van der Waals surface area contributed by atoms with Gasteiger partial charge in [0.15, 0.2) is 0 Å². The molecule has 1 rings (SSSR count). The van der Waals surface area contributed by atoms with Gasteiger partial charge >= 0.3 is 6.09 Å². The number of nitrogens with zero attached hydrogens (tertiary/aromatic N) is 1. The maximum absolute atomic E-state index is 11.2. The third kappa shape index (κ3) is 4.38. The largest absolute Gasteiger partial charge is 0.453 e. The molecule has 1 aliphatic rings. The van der Waals surface area contributed by atoms with Gasteiger partial charge in [-0.15, -0.1) is 0 Å². The van der Waals surface area contributed by atoms with Crippen molar-refractivity contribution in [1.82, 2.24) is 4.90 Å². The molecule has 0 bridgehead atoms. The van der Waals surface area contributed by atoms with Gasteiger partial charge in [0.05, 0.1) is 12.9 Å². The Labute approximate surface area is 96.7 Å². The van der Waals surface area contributed by atoms with Crippen LogP contribution >= 0.6 is 0 Å². The Bertz CT molecular complexity index is 331. The van der Waals surface area contributed by atoms with Crippen LogP contribution in [0.5, 0.6) is 0 Å². The van der Waals surface area contributed by atoms with E-state index in [1.807, 2.05) is 0 Å². The van der Waals surface area contributed by atoms with Gasteiger partial charge in [-0.1, -0.05) is 0 Å². The number of carbonyl (C=O) groups is 1. The second-order valence-electron chi connectivity index (χ2n) is 4.32. The smallest absolute Gasteiger partial charge is 0.409 e. The molecule has 1 aliphatic heterocycles. The van der Waals surface area contributed by atoms with Crippen LogP contribution in [0.3, 0.4) is 0 Å². The molecule has 16 heavy (non-hydrogen) atoms. The second-order valence-corrected chi connectivity index (χ2v) is 6.58. The highest BCUT2D eigenvalue weighted by Crippen LogP contribution is 2.21. The quantitative estimate of drug-likeness (QED) is 0.745. The number of hydrogen-bond acceptors (Lipinski definition) is 4. The SMILES string of the molecule is COC(=O)N1CCC(CCS(C)(=O)=O)CC1. The number of ether oxygens (including phenoxy) is 1. The fourth-order valence-corrected chi connectivity index (χ4v) is 2.68. The first-order valence-electron chi connectivity index (χ1n) is 5.43. The van der Waals surface area contributed by atoms with Gasteiger partial charge in [-0.05, 0) is 25.2 Å². The predicted molar refractivity (Wildman–Crippen MR) is 61.0 cm³/mol. The van der Waals surface area contributed by atoms with Crippen molar-refractivity contribution in [1.29, 1.82) is 0 Å². The number of sulfone groups is 1. The minimum Gasteiger partial charge on any atom is -0.453 e. The van der Waals surface area contributed by atoms with Gasteiger partial charge in [-0.2, -0.15) is 0 Å². The van der Waals surface area contributed by atoms with Crippen LogP contribution in [-0.4, -0.2) is 51.6 Å². The minimum absolute atomic E-state index is 0.246. The Hall–Kier alpha value is -0.780. The van der Waals surface area contributed by atoms with Gasteiger partial charge in [0, 0.05) is 19.3 Å². The van der Waals surface area contributed by atoms with Crippen LogP contribution in [0.25, 0.3) is 0 Å². The maximum Gasteiger partial charge on any atom is 0.409 e. The van der Waals surface area contributed by atoms with E-state index in [9.17, 15) is 13.2 Å². The standard InChI is InChI=1S/C10H19NO4S/c1-15-10(12)11-6-3-9(4-7-11)5-8-16(2,13)14/h9H,3-8H2,1-2H3. The Kier molecular flexibility index (Phi) is 4.58. The van der Waals surface area contributed by atoms with Crippen LogP contribution in [0.4, 0.5) is 4.79 Å². The molecular formula is C10H19NO4S. The van der Waals surface area contributed by atoms with Gasteiger partial charge in [0.25, 0.3) is 0 Å². The molecule has 0 aliphatic carbocycles. The highest BCUT2D eigenvalue weighted by molar-refractivity contribution is 7.90. The van der Waals surface area contributed by atoms with Gasteiger partial charge in [-0.25, -0.2) is 13.2 Å². The minimum atomic E-state index is -2.86. The summed E-state index contributed by atoms with van der Waals surface area (Å²) in [6.07, 6.45) is 3.40. The zero-order chi connectivity index (χ0) is 12.2. The molecule has 0 aromatic rings. The summed E-state index contributed by atoms with van der Waals surface area (Å²) < 4.78 is 26.6. The monoisotopic (exact) mass is 249 g/mol. The number of methoxy groups -OCH3 is 1. The summed E-state index contributed by atoms with van der Waals surface area (Å²) in [6.45, 7) is 1.34. The predicted octanol–water partition coefficient (Wildman–Crippen LogP) is 0.899. The van der Waals surface area contributed by atoms with Crippen molar-refractivity contribution in [2.24, 2.45) is 5.92 Å². The lowest BCUT2D eigenvalue weighted by atomic mass is 9.95. The van der Waals surface area contributed by atoms with Crippen LogP contribution in [-0.2, 0) is 14.6 Å². The lowest BCUT2D eigenvalue weighted by Crippen LogP contribution is -2.38. The van der Waals surface area contributed by atoms with Gasteiger partial charge in [0.2, 0.25) is 0 Å². The molecule has 0 spiro atoms. The molecular weight excluding hydrogens is 230 g/mol. The molecule has 5 nitrogen and oxygen atoms in total. The summed E-state index contributed by atoms with van der Waals surface area (Å²) in [4.78, 5) is 12.9. The van der Waals surface area contributed by atoms with E-state index in [2.05, 4.69) is 4.74 Å². The van der Waals surface area contributed by atoms with E-state index < -0.39 is 9.84 Å². The number of carbonyl (C=O) groups excluding carboxylic acids is 1. The van der Waals surface area contributed by atoms with Crippen molar-refractivity contribution in [3.05, 3.63) is 0 Å². The van der Waals surface area contributed by atoms with Crippen molar-refractivity contribution < 1.29 is 17.9 Å². The first-order valence-corrected chi connectivity index (χ1v) is 7.49. The Morgan fingerprint density at radius 2 is 1.94 bits per heavy atom. The first kappa shape index (κ1) is 13.3. The molecule has 1 saturated heterocycles. The zero-order valence-electron chi connectivity index (χ0n) is 9.81. The Balaban J connectivity index is 2.30. The molecule has 1 fully saturated rings. The summed E-state index contributed by atoms with van der Waals surface area (Å²) >= 11 is 0. The summed E-state index contributed by atoms with van der Waals surface area (Å²) in [5.74, 6) is 0.659. The van der Waals surface area contributed by atoms with Crippen LogP contribution in [0.15, 0.2) is 0 Å². The van der Waals surface area contributed by atoms with Crippen LogP contribution < -0.4 is 0 Å². The second kappa shape index (κ2) is 5.52. The number of likely N-dealkylation sites (tertiary alicyclic amines) is 1. The van der Waals surface area contributed by atoms with E-state index in [-0.39, 0.29) is 11.8 Å². The van der Waals surface area contributed by atoms with Crippen molar-refractivity contribution >= 4 is 15.9 Å².